The summed E-state index contributed by atoms with van der Waals surface area (Å²) in [5.41, 5.74) is 3.11. The van der Waals surface area contributed by atoms with Crippen LogP contribution < -0.4 is 14.8 Å². The average Bonchev–Trinajstić information content (AvgIpc) is 2.89. The Morgan fingerprint density at radius 1 is 1.14 bits per heavy atom. The van der Waals surface area contributed by atoms with Crippen molar-refractivity contribution in [2.75, 3.05) is 7.11 Å². The number of carbonyl (C=O) groups excluding carboxylic acids is 1. The molecule has 2 aliphatic carbocycles. The van der Waals surface area contributed by atoms with Gasteiger partial charge in [-0.15, -0.1) is 0 Å². The molecule has 192 valence electrons. The van der Waals surface area contributed by atoms with Crippen molar-refractivity contribution in [1.29, 1.82) is 0 Å². The van der Waals surface area contributed by atoms with E-state index >= 15 is 0 Å². The second-order valence-corrected chi connectivity index (χ2v) is 10.9. The van der Waals surface area contributed by atoms with Crippen molar-refractivity contribution in [1.82, 2.24) is 15.0 Å². The molecular weight excluding hydrogens is 477 g/mol. The van der Waals surface area contributed by atoms with Crippen molar-refractivity contribution < 1.29 is 18.1 Å². The number of hydrogen-bond donors (Lipinski definition) is 2. The predicted octanol–water partition coefficient (Wildman–Crippen LogP) is 5.23. The SMILES string of the molecule is COc1cc(C2=CC=C(S(=O)NC3CCC(C(=O)N[C@H](C)c4ccc(F)cc4)CC3)C(C)C2)ccn1. The van der Waals surface area contributed by atoms with Gasteiger partial charge in [-0.1, -0.05) is 25.1 Å². The number of aromatic nitrogens is 1. The van der Waals surface area contributed by atoms with E-state index in [1.165, 1.54) is 17.7 Å². The number of amides is 1. The second kappa shape index (κ2) is 11.9. The molecule has 1 saturated carbocycles. The van der Waals surface area contributed by atoms with Gasteiger partial charge in [-0.2, -0.15) is 0 Å². The highest BCUT2D eigenvalue weighted by Crippen LogP contribution is 2.34. The zero-order valence-electron chi connectivity index (χ0n) is 21.0. The minimum absolute atomic E-state index is 0.0282. The minimum atomic E-state index is -1.27. The van der Waals surface area contributed by atoms with Crippen LogP contribution in [-0.2, 0) is 15.8 Å². The molecule has 1 amide bonds. The maximum atomic E-state index is 13.2. The molecule has 1 aromatic carbocycles. The Morgan fingerprint density at radius 2 is 1.86 bits per heavy atom. The van der Waals surface area contributed by atoms with Crippen LogP contribution >= 0.6 is 0 Å². The molecule has 0 spiro atoms. The molecule has 1 aromatic heterocycles. The number of methoxy groups -OCH3 is 1. The Balaban J connectivity index is 1.28. The first-order valence-corrected chi connectivity index (χ1v) is 13.6. The van der Waals surface area contributed by atoms with Gasteiger partial charge in [-0.25, -0.2) is 18.3 Å². The molecule has 4 rings (SSSR count). The summed E-state index contributed by atoms with van der Waals surface area (Å²) in [6.45, 7) is 4.01. The molecule has 1 fully saturated rings. The zero-order chi connectivity index (χ0) is 25.7. The molecule has 8 heteroatoms. The standard InChI is InChI=1S/C28H34FN3O3S/c1-18-16-22(23-14-15-30-27(17-23)35-3)8-13-26(18)36(34)32-25-11-6-21(7-12-25)28(33)31-19(2)20-4-9-24(29)10-5-20/h4-5,8-10,13-15,17-19,21,25,32H,6-7,11-12,16H2,1-3H3,(H,31,33)/t18?,19-,21?,25?,36?/m1/s1. The number of benzene rings is 1. The van der Waals surface area contributed by atoms with E-state index in [4.69, 9.17) is 4.74 Å². The van der Waals surface area contributed by atoms with Gasteiger partial charge >= 0.3 is 0 Å². The molecule has 36 heavy (non-hydrogen) atoms. The summed E-state index contributed by atoms with van der Waals surface area (Å²) in [6, 6.07) is 10.0. The monoisotopic (exact) mass is 511 g/mol. The van der Waals surface area contributed by atoms with Crippen LogP contribution in [0.3, 0.4) is 0 Å². The van der Waals surface area contributed by atoms with Gasteiger partial charge in [0.05, 0.1) is 13.2 Å². The van der Waals surface area contributed by atoms with Gasteiger partial charge in [0.15, 0.2) is 0 Å². The number of hydrogen-bond acceptors (Lipinski definition) is 4. The van der Waals surface area contributed by atoms with Crippen molar-refractivity contribution in [3.05, 3.63) is 76.6 Å². The third kappa shape index (κ3) is 6.48. The van der Waals surface area contributed by atoms with E-state index in [-0.39, 0.29) is 35.6 Å². The summed E-state index contributed by atoms with van der Waals surface area (Å²) in [6.07, 6.45) is 9.63. The smallest absolute Gasteiger partial charge is 0.223 e. The number of nitrogens with zero attached hydrogens (tertiary/aromatic N) is 1. The molecule has 0 saturated heterocycles. The number of pyridine rings is 1. The summed E-state index contributed by atoms with van der Waals surface area (Å²) < 4.78 is 34.8. The third-order valence-electron chi connectivity index (χ3n) is 7.09. The first-order chi connectivity index (χ1) is 17.3. The van der Waals surface area contributed by atoms with Gasteiger partial charge in [0, 0.05) is 29.1 Å². The van der Waals surface area contributed by atoms with Crippen LogP contribution in [0.25, 0.3) is 5.57 Å². The molecule has 3 atom stereocenters. The number of allylic oxidation sites excluding steroid dienone is 4. The Kier molecular flexibility index (Phi) is 8.69. The van der Waals surface area contributed by atoms with Crippen molar-refractivity contribution in [2.24, 2.45) is 11.8 Å². The first kappa shape index (κ1) is 26.2. The minimum Gasteiger partial charge on any atom is -0.481 e. The van der Waals surface area contributed by atoms with Crippen LogP contribution in [0, 0.1) is 17.7 Å². The number of halogens is 1. The van der Waals surface area contributed by atoms with E-state index in [0.717, 1.165) is 48.1 Å². The fourth-order valence-corrected chi connectivity index (χ4v) is 6.20. The first-order valence-electron chi connectivity index (χ1n) is 12.5. The number of rotatable bonds is 8. The lowest BCUT2D eigenvalue weighted by Gasteiger charge is -2.30. The highest BCUT2D eigenvalue weighted by atomic mass is 32.2. The molecule has 0 radical (unpaired) electrons. The van der Waals surface area contributed by atoms with E-state index in [1.807, 2.05) is 31.2 Å². The lowest BCUT2D eigenvalue weighted by Crippen LogP contribution is -2.40. The van der Waals surface area contributed by atoms with Crippen LogP contribution in [0.15, 0.2) is 59.7 Å². The van der Waals surface area contributed by atoms with E-state index < -0.39 is 11.0 Å². The quantitative estimate of drug-likeness (QED) is 0.509. The van der Waals surface area contributed by atoms with E-state index in [2.05, 4.69) is 21.9 Å². The van der Waals surface area contributed by atoms with Gasteiger partial charge < -0.3 is 10.1 Å². The van der Waals surface area contributed by atoms with E-state index in [9.17, 15) is 13.4 Å². The largest absolute Gasteiger partial charge is 0.481 e. The van der Waals surface area contributed by atoms with Gasteiger partial charge in [0.1, 0.15) is 16.8 Å². The molecule has 0 bridgehead atoms. The van der Waals surface area contributed by atoms with Gasteiger partial charge in [0.2, 0.25) is 11.8 Å². The van der Waals surface area contributed by atoms with Crippen molar-refractivity contribution in [3.63, 3.8) is 0 Å². The molecule has 2 aromatic rings. The van der Waals surface area contributed by atoms with Gasteiger partial charge in [-0.3, -0.25) is 4.79 Å². The fourth-order valence-electron chi connectivity index (χ4n) is 4.88. The van der Waals surface area contributed by atoms with Crippen LogP contribution in [-0.4, -0.2) is 28.3 Å². The molecule has 2 N–H and O–H groups in total. The lowest BCUT2D eigenvalue weighted by atomic mass is 9.85. The topological polar surface area (TPSA) is 80.3 Å². The fraction of sp³-hybridized carbons (Fsp3) is 0.429. The predicted molar refractivity (Wildman–Crippen MR) is 141 cm³/mol. The summed E-state index contributed by atoms with van der Waals surface area (Å²) >= 11 is 0. The highest BCUT2D eigenvalue weighted by molar-refractivity contribution is 7.87. The number of carbonyl (C=O) groups is 1. The Labute approximate surface area is 215 Å². The molecule has 1 heterocycles. The van der Waals surface area contributed by atoms with Gasteiger partial charge in [0.25, 0.3) is 0 Å². The second-order valence-electron chi connectivity index (χ2n) is 9.67. The normalized spacial score (nSPS) is 23.7. The number of ether oxygens (including phenoxy) is 1. The third-order valence-corrected chi connectivity index (χ3v) is 8.60. The summed E-state index contributed by atoms with van der Waals surface area (Å²) in [5, 5.41) is 3.05. The van der Waals surface area contributed by atoms with Gasteiger partial charge in [-0.05, 0) is 85.9 Å². The Morgan fingerprint density at radius 3 is 2.53 bits per heavy atom. The van der Waals surface area contributed by atoms with Crippen molar-refractivity contribution >= 4 is 22.5 Å². The van der Waals surface area contributed by atoms with Crippen LogP contribution in [0.1, 0.15) is 63.1 Å². The maximum absolute atomic E-state index is 13.2. The van der Waals surface area contributed by atoms with E-state index in [1.54, 1.807) is 25.4 Å². The molecule has 0 aliphatic heterocycles. The van der Waals surface area contributed by atoms with E-state index in [0.29, 0.717) is 5.88 Å². The van der Waals surface area contributed by atoms with Crippen molar-refractivity contribution in [3.8, 4) is 5.88 Å². The summed E-state index contributed by atoms with van der Waals surface area (Å²) in [7, 11) is 0.331. The molecular formula is C28H34FN3O3S. The summed E-state index contributed by atoms with van der Waals surface area (Å²) in [5.74, 6) is 0.406. The highest BCUT2D eigenvalue weighted by Gasteiger charge is 2.29. The number of nitrogens with one attached hydrogen (secondary N) is 2. The van der Waals surface area contributed by atoms with Crippen LogP contribution in [0.4, 0.5) is 4.39 Å². The molecule has 6 nitrogen and oxygen atoms in total. The maximum Gasteiger partial charge on any atom is 0.223 e. The lowest BCUT2D eigenvalue weighted by molar-refractivity contribution is -0.126. The van der Waals surface area contributed by atoms with Crippen LogP contribution in [0.5, 0.6) is 5.88 Å². The van der Waals surface area contributed by atoms with Crippen LogP contribution in [0.2, 0.25) is 0 Å². The Hall–Kier alpha value is -2.84. The summed E-state index contributed by atoms with van der Waals surface area (Å²) in [4.78, 5) is 17.8. The zero-order valence-corrected chi connectivity index (χ0v) is 21.8. The van der Waals surface area contributed by atoms with Crippen molar-refractivity contribution in [2.45, 2.75) is 58.0 Å². The molecule has 2 unspecified atom stereocenters. The molecule has 2 aliphatic rings. The average molecular weight is 512 g/mol. The Bertz CT molecular complexity index is 1160.